The first-order valence-corrected chi connectivity index (χ1v) is 10.00. The maximum Gasteiger partial charge on any atom is 0.338 e. The van der Waals surface area contributed by atoms with E-state index in [0.717, 1.165) is 5.56 Å². The fraction of sp³-hybridized carbons (Fsp3) is 0.391. The van der Waals surface area contributed by atoms with Gasteiger partial charge in [0.15, 0.2) is 18.0 Å². The van der Waals surface area contributed by atoms with E-state index >= 15 is 0 Å². The van der Waals surface area contributed by atoms with Gasteiger partial charge in [-0.1, -0.05) is 49.4 Å². The highest BCUT2D eigenvalue weighted by Crippen LogP contribution is 2.42. The zero-order valence-corrected chi connectivity index (χ0v) is 17.2. The van der Waals surface area contributed by atoms with Crippen LogP contribution in [0.1, 0.15) is 32.8 Å². The van der Waals surface area contributed by atoms with Crippen molar-refractivity contribution in [2.75, 3.05) is 13.2 Å². The van der Waals surface area contributed by atoms with Crippen LogP contribution in [0.3, 0.4) is 0 Å². The van der Waals surface area contributed by atoms with Crippen molar-refractivity contribution in [3.8, 4) is 11.1 Å². The van der Waals surface area contributed by atoms with Crippen LogP contribution in [-0.2, 0) is 34.3 Å². The molecule has 3 rings (SSSR count). The highest BCUT2D eigenvalue weighted by molar-refractivity contribution is 5.86. The van der Waals surface area contributed by atoms with Crippen LogP contribution in [-0.4, -0.2) is 37.4 Å². The molecule has 160 valence electrons. The summed E-state index contributed by atoms with van der Waals surface area (Å²) >= 11 is 0. The van der Waals surface area contributed by atoms with Crippen LogP contribution in [0.25, 0.3) is 11.1 Å². The lowest BCUT2D eigenvalue weighted by atomic mass is 9.98. The van der Waals surface area contributed by atoms with Crippen LogP contribution < -0.4 is 0 Å². The number of esters is 2. The first kappa shape index (κ1) is 21.9. The number of hydrogen-bond donors (Lipinski definition) is 0. The number of carbonyl (C=O) groups excluding carboxylic acids is 2. The van der Waals surface area contributed by atoms with Gasteiger partial charge in [0.25, 0.3) is 0 Å². The van der Waals surface area contributed by atoms with Crippen LogP contribution in [0.5, 0.6) is 0 Å². The second-order valence-electron chi connectivity index (χ2n) is 6.75. The van der Waals surface area contributed by atoms with Crippen molar-refractivity contribution in [2.24, 2.45) is 0 Å². The van der Waals surface area contributed by atoms with Crippen molar-refractivity contribution in [1.82, 2.24) is 0 Å². The van der Waals surface area contributed by atoms with Gasteiger partial charge in [0.2, 0.25) is 0 Å². The van der Waals surface area contributed by atoms with Crippen LogP contribution in [0.15, 0.2) is 48.5 Å². The van der Waals surface area contributed by atoms with Gasteiger partial charge in [-0.05, 0) is 25.5 Å². The van der Waals surface area contributed by atoms with Crippen LogP contribution in [0.2, 0.25) is 0 Å². The predicted molar refractivity (Wildman–Crippen MR) is 107 cm³/mol. The lowest BCUT2D eigenvalue weighted by molar-refractivity contribution is -0.197. The third-order valence-electron chi connectivity index (χ3n) is 4.91. The summed E-state index contributed by atoms with van der Waals surface area (Å²) in [6, 6.07) is 13.7. The van der Waals surface area contributed by atoms with Gasteiger partial charge in [-0.2, -0.15) is 0 Å². The number of hydrogen-bond acceptors (Lipinski definition) is 6. The highest BCUT2D eigenvalue weighted by atomic mass is 19.1. The van der Waals surface area contributed by atoms with Gasteiger partial charge in [0, 0.05) is 17.5 Å². The Morgan fingerprint density at radius 3 is 1.97 bits per heavy atom. The summed E-state index contributed by atoms with van der Waals surface area (Å²) in [5.74, 6) is -3.41. The summed E-state index contributed by atoms with van der Waals surface area (Å²) in [5, 5.41) is 0. The van der Waals surface area contributed by atoms with E-state index in [1.165, 1.54) is 6.07 Å². The van der Waals surface area contributed by atoms with E-state index < -0.39 is 35.8 Å². The molecule has 2 aromatic carbocycles. The van der Waals surface area contributed by atoms with Crippen molar-refractivity contribution < 1.29 is 32.9 Å². The normalized spacial score (nSPS) is 20.0. The van der Waals surface area contributed by atoms with E-state index in [9.17, 15) is 14.0 Å². The average Bonchev–Trinajstić information content (AvgIpc) is 3.16. The van der Waals surface area contributed by atoms with Crippen LogP contribution in [0, 0.1) is 5.82 Å². The molecule has 2 atom stereocenters. The number of benzene rings is 2. The van der Waals surface area contributed by atoms with E-state index in [4.69, 9.17) is 18.9 Å². The topological polar surface area (TPSA) is 71.1 Å². The van der Waals surface area contributed by atoms with Crippen LogP contribution >= 0.6 is 0 Å². The van der Waals surface area contributed by atoms with Crippen molar-refractivity contribution in [1.29, 1.82) is 0 Å². The van der Waals surface area contributed by atoms with Gasteiger partial charge < -0.3 is 18.9 Å². The summed E-state index contributed by atoms with van der Waals surface area (Å²) in [4.78, 5) is 24.8. The molecule has 2 aromatic rings. The minimum absolute atomic E-state index is 0.119. The summed E-state index contributed by atoms with van der Waals surface area (Å²) in [5.41, 5.74) is 1.52. The Balaban J connectivity index is 1.97. The molecule has 1 saturated heterocycles. The molecule has 0 aromatic heterocycles. The molecular weight excluding hydrogens is 391 g/mol. The van der Waals surface area contributed by atoms with E-state index in [1.807, 2.05) is 30.3 Å². The number of halogens is 1. The van der Waals surface area contributed by atoms with Crippen molar-refractivity contribution in [2.45, 2.75) is 45.2 Å². The smallest absolute Gasteiger partial charge is 0.338 e. The molecule has 1 aliphatic heterocycles. The van der Waals surface area contributed by atoms with Gasteiger partial charge in [0.1, 0.15) is 5.82 Å². The largest absolute Gasteiger partial charge is 0.464 e. The Kier molecular flexibility index (Phi) is 6.84. The lowest BCUT2D eigenvalue weighted by Gasteiger charge is -2.27. The summed E-state index contributed by atoms with van der Waals surface area (Å²) in [6.07, 6.45) is -2.37. The highest BCUT2D eigenvalue weighted by Gasteiger charge is 2.55. The van der Waals surface area contributed by atoms with E-state index in [0.29, 0.717) is 11.1 Å². The molecule has 30 heavy (non-hydrogen) atoms. The molecule has 0 radical (unpaired) electrons. The van der Waals surface area contributed by atoms with E-state index in [1.54, 1.807) is 32.9 Å². The second kappa shape index (κ2) is 9.36. The molecule has 0 amide bonds. The summed E-state index contributed by atoms with van der Waals surface area (Å²) in [7, 11) is 0. The zero-order valence-electron chi connectivity index (χ0n) is 17.2. The Hall–Kier alpha value is -2.77. The molecule has 1 heterocycles. The monoisotopic (exact) mass is 416 g/mol. The molecule has 0 aliphatic carbocycles. The first-order valence-electron chi connectivity index (χ1n) is 10.00. The van der Waals surface area contributed by atoms with Crippen LogP contribution in [0.4, 0.5) is 4.39 Å². The third kappa shape index (κ3) is 4.22. The third-order valence-corrected chi connectivity index (χ3v) is 4.91. The standard InChI is InChI=1S/C23H25FO6/c1-4-23(16-12-13-17(18(24)14-16)15-10-8-7-9-11-15)29-19(21(25)27-5-2)20(30-23)22(26)28-6-3/h7-14,19-20H,4-6H2,1-3H3/t19-,20-/m1/s1. The maximum atomic E-state index is 15.0. The van der Waals surface area contributed by atoms with Gasteiger partial charge in [0.05, 0.1) is 13.2 Å². The summed E-state index contributed by atoms with van der Waals surface area (Å²) < 4.78 is 36.9. The van der Waals surface area contributed by atoms with E-state index in [2.05, 4.69) is 0 Å². The molecule has 7 heteroatoms. The molecule has 6 nitrogen and oxygen atoms in total. The molecule has 1 fully saturated rings. The Morgan fingerprint density at radius 1 is 0.933 bits per heavy atom. The predicted octanol–water partition coefficient (Wildman–Crippen LogP) is 3.97. The molecular formula is C23H25FO6. The zero-order chi connectivity index (χ0) is 21.7. The summed E-state index contributed by atoms with van der Waals surface area (Å²) in [6.45, 7) is 5.30. The minimum Gasteiger partial charge on any atom is -0.464 e. The molecule has 0 bridgehead atoms. The number of carbonyl (C=O) groups is 2. The van der Waals surface area contributed by atoms with Crippen molar-refractivity contribution >= 4 is 11.9 Å². The second-order valence-corrected chi connectivity index (χ2v) is 6.75. The maximum absolute atomic E-state index is 15.0. The molecule has 0 spiro atoms. The fourth-order valence-corrected chi connectivity index (χ4v) is 3.46. The molecule has 0 unspecified atom stereocenters. The quantitative estimate of drug-likeness (QED) is 0.636. The van der Waals surface area contributed by atoms with Crippen molar-refractivity contribution in [3.63, 3.8) is 0 Å². The van der Waals surface area contributed by atoms with Gasteiger partial charge in [-0.25, -0.2) is 14.0 Å². The lowest BCUT2D eigenvalue weighted by Crippen LogP contribution is -2.39. The SMILES string of the molecule is CCOC(=O)[C@@H]1OC(CC)(c2ccc(-c3ccccc3)c(F)c2)O[C@H]1C(=O)OCC. The Bertz CT molecular complexity index is 872. The number of ether oxygens (including phenoxy) is 4. The number of rotatable bonds is 7. The fourth-order valence-electron chi connectivity index (χ4n) is 3.46. The van der Waals surface area contributed by atoms with Gasteiger partial charge in [-0.3, -0.25) is 0 Å². The van der Waals surface area contributed by atoms with E-state index in [-0.39, 0.29) is 19.6 Å². The Labute approximate surface area is 174 Å². The molecule has 0 saturated carbocycles. The first-order chi connectivity index (χ1) is 14.5. The minimum atomic E-state index is -1.48. The van der Waals surface area contributed by atoms with Gasteiger partial charge >= 0.3 is 11.9 Å². The Morgan fingerprint density at radius 2 is 1.50 bits per heavy atom. The van der Waals surface area contributed by atoms with Crippen molar-refractivity contribution in [3.05, 3.63) is 59.9 Å². The average molecular weight is 416 g/mol. The molecule has 1 aliphatic rings. The van der Waals surface area contributed by atoms with Gasteiger partial charge in [-0.15, -0.1) is 0 Å². The molecule has 0 N–H and O–H groups in total.